The van der Waals surface area contributed by atoms with Crippen molar-refractivity contribution in [1.29, 1.82) is 0 Å². The molecule has 0 unspecified atom stereocenters. The largest absolute Gasteiger partial charge is 0.300 e. The minimum Gasteiger partial charge on any atom is -0.300 e. The van der Waals surface area contributed by atoms with E-state index in [2.05, 4.69) is 156 Å². The summed E-state index contributed by atoms with van der Waals surface area (Å²) < 4.78 is 19.8. The van der Waals surface area contributed by atoms with Gasteiger partial charge in [-0.3, -0.25) is 9.80 Å². The fourth-order valence-corrected chi connectivity index (χ4v) is 16.3. The van der Waals surface area contributed by atoms with Crippen molar-refractivity contribution in [3.05, 3.63) is 121 Å². The molecule has 0 aliphatic carbocycles. The van der Waals surface area contributed by atoms with Gasteiger partial charge in [-0.2, -0.15) is 37.5 Å². The quantitative estimate of drug-likeness (QED) is 0.178. The summed E-state index contributed by atoms with van der Waals surface area (Å²) in [4.78, 5) is 12.7. The predicted octanol–water partition coefficient (Wildman–Crippen LogP) is 14.4. The zero-order chi connectivity index (χ0) is 36.3. The highest BCUT2D eigenvalue weighted by Gasteiger charge is 2.36. The Balaban J connectivity index is 1.04. The van der Waals surface area contributed by atoms with Gasteiger partial charge in [0.05, 0.1) is 45.8 Å². The fraction of sp³-hybridized carbons (Fsp3) is 0.0952. The Kier molecular flexibility index (Phi) is 7.28. The van der Waals surface area contributed by atoms with Crippen LogP contribution < -0.4 is 9.80 Å². The smallest absolute Gasteiger partial charge is 0.116 e. The third-order valence-corrected chi connectivity index (χ3v) is 19.7. The molecule has 54 heavy (non-hydrogen) atoms. The van der Waals surface area contributed by atoms with Gasteiger partial charge < -0.3 is 0 Å². The van der Waals surface area contributed by atoms with Crippen LogP contribution in [0, 0.1) is 0 Å². The Bertz CT molecular complexity index is 2640. The first-order valence-corrected chi connectivity index (χ1v) is 25.4. The van der Waals surface area contributed by atoms with Gasteiger partial charge in [-0.1, -0.05) is 48.5 Å². The highest BCUT2D eigenvalue weighted by atomic mass is 32.3. The van der Waals surface area contributed by atoms with Gasteiger partial charge in [0.1, 0.15) is 32.4 Å². The van der Waals surface area contributed by atoms with Gasteiger partial charge in [0, 0.05) is 40.5 Å². The third-order valence-electron chi connectivity index (χ3n) is 10.7. The Morgan fingerprint density at radius 2 is 0.796 bits per heavy atom. The summed E-state index contributed by atoms with van der Waals surface area (Å²) in [5.41, 5.74) is 10.5. The van der Waals surface area contributed by atoms with Gasteiger partial charge in [-0.15, -0.1) is 22.7 Å². The van der Waals surface area contributed by atoms with Gasteiger partial charge in [-0.05, 0) is 97.8 Å². The number of rotatable bonds is 4. The summed E-state index contributed by atoms with van der Waals surface area (Å²) in [7, 11) is -2.35. The van der Waals surface area contributed by atoms with E-state index in [0.717, 1.165) is 53.3 Å². The maximum absolute atomic E-state index is 4.96. The van der Waals surface area contributed by atoms with Gasteiger partial charge in [0.2, 0.25) is 0 Å². The average molecular weight is 813 g/mol. The Labute approximate surface area is 332 Å². The Morgan fingerprint density at radius 1 is 0.444 bits per heavy atom. The van der Waals surface area contributed by atoms with Crippen molar-refractivity contribution in [2.75, 3.05) is 34.8 Å². The maximum Gasteiger partial charge on any atom is 0.116 e. The monoisotopic (exact) mass is 812 g/mol. The Hall–Kier alpha value is -4.56. The van der Waals surface area contributed by atoms with Gasteiger partial charge in [0.15, 0.2) is 0 Å². The number of para-hydroxylation sites is 4. The molecule has 3 aliphatic rings. The SMILES string of the molecule is CS1(C)c2ccccc2N(c2ccc(-c3c4c(c(-c5ccc(N6c7ccccc7S(C)(C)c7ccccc76)s5)c5nsnc35)N=S=N4)s2)c2ccccc21. The molecule has 6 nitrogen and oxygen atoms in total. The van der Waals surface area contributed by atoms with Crippen LogP contribution >= 0.6 is 54.5 Å². The van der Waals surface area contributed by atoms with E-state index in [1.54, 1.807) is 22.7 Å². The second kappa shape index (κ2) is 12.0. The molecule has 0 saturated heterocycles. The summed E-state index contributed by atoms with van der Waals surface area (Å²) in [5.74, 6) is 0. The summed E-state index contributed by atoms with van der Waals surface area (Å²) in [6.07, 6.45) is 9.63. The topological polar surface area (TPSA) is 57.0 Å². The second-order valence-electron chi connectivity index (χ2n) is 14.1. The molecule has 11 rings (SSSR count). The van der Waals surface area contributed by atoms with Crippen molar-refractivity contribution in [1.82, 2.24) is 8.75 Å². The minimum absolute atomic E-state index is 0.877. The van der Waals surface area contributed by atoms with Crippen LogP contribution in [-0.4, -0.2) is 33.8 Å². The molecule has 3 aromatic heterocycles. The summed E-state index contributed by atoms with van der Waals surface area (Å²) in [5, 5.41) is 2.32. The highest BCUT2D eigenvalue weighted by Crippen LogP contribution is 2.69. The molecule has 0 spiro atoms. The molecule has 3 aliphatic heterocycles. The van der Waals surface area contributed by atoms with Crippen LogP contribution in [-0.2, 0) is 11.4 Å². The molecule has 0 fully saturated rings. The lowest BCUT2D eigenvalue weighted by Gasteiger charge is -2.44. The molecular weight excluding hydrogens is 781 g/mol. The summed E-state index contributed by atoms with van der Waals surface area (Å²) >= 11 is 6.07. The number of hydrogen-bond donors (Lipinski definition) is 0. The van der Waals surface area contributed by atoms with E-state index in [1.165, 1.54) is 65.4 Å². The Morgan fingerprint density at radius 3 is 1.17 bits per heavy atom. The molecule has 8 aromatic rings. The zero-order valence-corrected chi connectivity index (χ0v) is 34.6. The maximum atomic E-state index is 4.96. The first kappa shape index (κ1) is 32.8. The molecule has 0 amide bonds. The molecule has 0 bridgehead atoms. The van der Waals surface area contributed by atoms with Crippen LogP contribution in [0.3, 0.4) is 0 Å². The van der Waals surface area contributed by atoms with Crippen molar-refractivity contribution < 1.29 is 0 Å². The lowest BCUT2D eigenvalue weighted by Crippen LogP contribution is -2.19. The van der Waals surface area contributed by atoms with Crippen LogP contribution in [0.15, 0.2) is 150 Å². The lowest BCUT2D eigenvalue weighted by molar-refractivity contribution is 1.16. The van der Waals surface area contributed by atoms with Crippen LogP contribution in [0.2, 0.25) is 0 Å². The number of hydrogen-bond acceptors (Lipinski definition) is 9. The van der Waals surface area contributed by atoms with E-state index in [1.807, 2.05) is 0 Å². The van der Waals surface area contributed by atoms with Crippen molar-refractivity contribution in [2.24, 2.45) is 8.73 Å². The van der Waals surface area contributed by atoms with Crippen molar-refractivity contribution >= 4 is 121 Å². The van der Waals surface area contributed by atoms with Crippen LogP contribution in [0.4, 0.5) is 44.1 Å². The predicted molar refractivity (Wildman–Crippen MR) is 237 cm³/mol. The van der Waals surface area contributed by atoms with Crippen LogP contribution in [0.1, 0.15) is 0 Å². The summed E-state index contributed by atoms with van der Waals surface area (Å²) in [6, 6.07) is 44.5. The molecule has 6 heterocycles. The van der Waals surface area contributed by atoms with Crippen molar-refractivity contribution in [2.45, 2.75) is 19.6 Å². The van der Waals surface area contributed by atoms with Gasteiger partial charge in [-0.25, -0.2) is 0 Å². The van der Waals surface area contributed by atoms with Gasteiger partial charge >= 0.3 is 0 Å². The normalized spacial score (nSPS) is 16.9. The number of nitrogens with zero attached hydrogens (tertiary/aromatic N) is 6. The highest BCUT2D eigenvalue weighted by molar-refractivity contribution is 8.33. The molecule has 0 atom stereocenters. The van der Waals surface area contributed by atoms with Crippen LogP contribution in [0.5, 0.6) is 0 Å². The van der Waals surface area contributed by atoms with E-state index >= 15 is 0 Å². The molecular formula is C42H32N6S6. The average Bonchev–Trinajstić information content (AvgIpc) is 4.03. The first-order chi connectivity index (χ1) is 26.3. The van der Waals surface area contributed by atoms with E-state index in [0.29, 0.717) is 0 Å². The van der Waals surface area contributed by atoms with Crippen molar-refractivity contribution in [3.8, 4) is 20.9 Å². The molecule has 0 saturated carbocycles. The van der Waals surface area contributed by atoms with Crippen LogP contribution in [0.25, 0.3) is 31.9 Å². The third kappa shape index (κ3) is 4.58. The minimum atomic E-state index is -1.17. The van der Waals surface area contributed by atoms with Crippen molar-refractivity contribution in [3.63, 3.8) is 0 Å². The standard InChI is InChI=1S/C42H32N6S6/c1-53(2)31-17-9-5-13-25(31)47(26-14-6-10-18-32(26)53)35-23-21-29(49-35)37-39-41(45-51-43-39)38(42-40(37)44-52-46-42)30-22-24-36(50-30)48-27-15-7-11-19-33(27)54(3,4)34-20-12-8-16-28(34)48/h5-24H,1-4H3. The first-order valence-electron chi connectivity index (χ1n) is 17.4. The number of benzene rings is 5. The number of thiophene rings is 2. The zero-order valence-electron chi connectivity index (χ0n) is 29.7. The number of fused-ring (bicyclic) bond motifs is 6. The van der Waals surface area contributed by atoms with Gasteiger partial charge in [0.25, 0.3) is 0 Å². The van der Waals surface area contributed by atoms with E-state index in [9.17, 15) is 0 Å². The van der Waals surface area contributed by atoms with E-state index in [-0.39, 0.29) is 0 Å². The summed E-state index contributed by atoms with van der Waals surface area (Å²) in [6.45, 7) is 0. The molecule has 0 radical (unpaired) electrons. The molecule has 0 N–H and O–H groups in total. The lowest BCUT2D eigenvalue weighted by atomic mass is 10.0. The molecule has 12 heteroatoms. The number of anilines is 6. The molecule has 266 valence electrons. The van der Waals surface area contributed by atoms with E-state index < -0.39 is 20.1 Å². The van der Waals surface area contributed by atoms with E-state index in [4.69, 9.17) is 17.5 Å². The fourth-order valence-electron chi connectivity index (χ4n) is 8.15. The molecule has 5 aromatic carbocycles. The number of aromatic nitrogens is 2. The second-order valence-corrected chi connectivity index (χ2v) is 24.4.